The Bertz CT molecular complexity index is 1240. The molecule has 0 radical (unpaired) electrons. The maximum atomic E-state index is 12.7. The molecule has 13 heteroatoms. The van der Waals surface area contributed by atoms with Gasteiger partial charge in [-0.2, -0.15) is 0 Å². The van der Waals surface area contributed by atoms with Gasteiger partial charge >= 0.3 is 19.8 Å². The lowest BCUT2D eigenvalue weighted by atomic mass is 10.1. The van der Waals surface area contributed by atoms with Crippen molar-refractivity contribution >= 4 is 19.8 Å². The molecule has 0 saturated carbocycles. The minimum Gasteiger partial charge on any atom is -0.462 e. The van der Waals surface area contributed by atoms with Crippen molar-refractivity contribution in [3.8, 4) is 0 Å². The molecule has 0 fully saturated rings. The number of rotatable bonds is 39. The van der Waals surface area contributed by atoms with Crippen LogP contribution in [0.1, 0.15) is 149 Å². The van der Waals surface area contributed by atoms with Gasteiger partial charge in [-0.25, -0.2) is 4.57 Å². The third-order valence-electron chi connectivity index (χ3n) is 9.39. The van der Waals surface area contributed by atoms with E-state index in [0.29, 0.717) is 17.4 Å². The number of phosphoric acid groups is 1. The van der Waals surface area contributed by atoms with Crippen LogP contribution in [0.3, 0.4) is 0 Å². The molecule has 342 valence electrons. The quantitative estimate of drug-likeness (QED) is 0.0116. The molecule has 0 aromatic carbocycles. The number of quaternary nitrogens is 1. The first kappa shape index (κ1) is 56.6. The number of aliphatic hydroxyl groups is 3. The average molecular weight is 857 g/mol. The van der Waals surface area contributed by atoms with Crippen LogP contribution < -0.4 is 0 Å². The van der Waals surface area contributed by atoms with E-state index < -0.39 is 50.8 Å². The highest BCUT2D eigenvalue weighted by Gasteiger charge is 2.27. The van der Waals surface area contributed by atoms with E-state index in [1.165, 1.54) is 57.4 Å². The fourth-order valence-electron chi connectivity index (χ4n) is 5.69. The van der Waals surface area contributed by atoms with E-state index in [1.807, 2.05) is 21.1 Å². The molecule has 5 atom stereocenters. The Balaban J connectivity index is 4.71. The van der Waals surface area contributed by atoms with E-state index in [2.05, 4.69) is 26.0 Å². The van der Waals surface area contributed by atoms with Gasteiger partial charge in [0, 0.05) is 12.8 Å². The Labute approximate surface area is 357 Å². The minimum absolute atomic E-state index is 0.0350. The number of hydrogen-bond donors (Lipinski definition) is 4. The Morgan fingerprint density at radius 3 is 1.80 bits per heavy atom. The van der Waals surface area contributed by atoms with Crippen molar-refractivity contribution < 1.29 is 57.4 Å². The fraction of sp³-hybridized carbons (Fsp3) is 0.739. The van der Waals surface area contributed by atoms with Gasteiger partial charge in [0.15, 0.2) is 6.10 Å². The van der Waals surface area contributed by atoms with E-state index in [0.717, 1.165) is 51.4 Å². The number of likely N-dealkylation sites (N-methyl/N-ethyl adjacent to an activating group) is 1. The molecule has 0 aliphatic heterocycles. The maximum Gasteiger partial charge on any atom is 0.472 e. The zero-order valence-corrected chi connectivity index (χ0v) is 38.2. The zero-order valence-electron chi connectivity index (χ0n) is 37.3. The van der Waals surface area contributed by atoms with Gasteiger partial charge in [0.25, 0.3) is 0 Å². The molecule has 4 N–H and O–H groups in total. The van der Waals surface area contributed by atoms with Crippen molar-refractivity contribution in [3.05, 3.63) is 60.8 Å². The first-order valence-corrected chi connectivity index (χ1v) is 23.8. The highest BCUT2D eigenvalue weighted by molar-refractivity contribution is 7.47. The SMILES string of the molecule is CCCCCC/C=C\CCCCCCCCCC(=O)OC[C@H](COP(=O)(O)OCC[N+](C)(C)C)OC(=O)CCC[C@H](O)[C@@H](O)/C=C/C=C/C=C\C=C\[C@@H](O)CCCCC. The van der Waals surface area contributed by atoms with Gasteiger partial charge in [-0.3, -0.25) is 18.6 Å². The number of nitrogens with zero attached hydrogens (tertiary/aromatic N) is 1. The van der Waals surface area contributed by atoms with Gasteiger partial charge in [-0.15, -0.1) is 0 Å². The van der Waals surface area contributed by atoms with Crippen LogP contribution in [-0.2, 0) is 32.7 Å². The van der Waals surface area contributed by atoms with E-state index >= 15 is 0 Å². The number of allylic oxidation sites excluding steroid dienone is 8. The highest BCUT2D eigenvalue weighted by atomic mass is 31.2. The van der Waals surface area contributed by atoms with Crippen LogP contribution in [0.15, 0.2) is 60.8 Å². The van der Waals surface area contributed by atoms with Gasteiger partial charge in [0.1, 0.15) is 19.8 Å². The maximum absolute atomic E-state index is 12.7. The van der Waals surface area contributed by atoms with Crippen molar-refractivity contribution in [1.29, 1.82) is 0 Å². The Hall–Kier alpha value is -2.41. The molecule has 0 amide bonds. The summed E-state index contributed by atoms with van der Waals surface area (Å²) in [6.07, 6.45) is 33.5. The Kier molecular flexibility index (Phi) is 35.8. The van der Waals surface area contributed by atoms with E-state index in [-0.39, 0.29) is 38.9 Å². The highest BCUT2D eigenvalue weighted by Crippen LogP contribution is 2.43. The monoisotopic (exact) mass is 857 g/mol. The molecule has 0 aliphatic rings. The summed E-state index contributed by atoms with van der Waals surface area (Å²) in [6.45, 7) is 3.88. The van der Waals surface area contributed by atoms with Gasteiger partial charge in [-0.05, 0) is 51.4 Å². The summed E-state index contributed by atoms with van der Waals surface area (Å²) in [5, 5.41) is 30.6. The van der Waals surface area contributed by atoms with Crippen LogP contribution >= 0.6 is 7.82 Å². The molecule has 0 aromatic heterocycles. The van der Waals surface area contributed by atoms with Crippen molar-refractivity contribution in [2.24, 2.45) is 0 Å². The topological polar surface area (TPSA) is 169 Å². The van der Waals surface area contributed by atoms with E-state index in [9.17, 15) is 34.4 Å². The molecule has 59 heavy (non-hydrogen) atoms. The molecule has 0 spiro atoms. The standard InChI is InChI=1S/C46H82NO11P/c1-6-8-10-11-12-13-14-15-16-17-18-19-20-25-29-35-45(51)55-39-42(40-57-59(53,54)56-38-37-47(3,4)5)58-46(52)36-30-34-44(50)43(49)33-28-24-22-21-23-27-32-41(48)31-26-9-7-2/h13-14,21-24,27-28,32-33,41-44,48-50H,6-12,15-20,25-26,29-31,34-40H2,1-5H3/p+1/b14-13-,23-21-,24-22+,32-27+,33-28+/t41-,42+,43-,44-/m0/s1. The van der Waals surface area contributed by atoms with Crippen LogP contribution in [0.25, 0.3) is 0 Å². The van der Waals surface area contributed by atoms with Crippen LogP contribution in [0.2, 0.25) is 0 Å². The number of aliphatic hydroxyl groups excluding tert-OH is 3. The van der Waals surface area contributed by atoms with Crippen molar-refractivity contribution in [2.75, 3.05) is 47.5 Å². The summed E-state index contributed by atoms with van der Waals surface area (Å²) in [4.78, 5) is 35.4. The summed E-state index contributed by atoms with van der Waals surface area (Å²) < 4.78 is 34.0. The molecule has 0 saturated heterocycles. The molecule has 0 bridgehead atoms. The van der Waals surface area contributed by atoms with Crippen molar-refractivity contribution in [3.63, 3.8) is 0 Å². The normalized spacial score (nSPS) is 15.7. The molecule has 1 unspecified atom stereocenters. The van der Waals surface area contributed by atoms with Gasteiger partial charge in [-0.1, -0.05) is 145 Å². The molecule has 0 rings (SSSR count). The number of carbonyl (C=O) groups excluding carboxylic acids is 2. The molecular weight excluding hydrogens is 773 g/mol. The Morgan fingerprint density at radius 1 is 0.627 bits per heavy atom. The predicted molar refractivity (Wildman–Crippen MR) is 237 cm³/mol. The fourth-order valence-corrected chi connectivity index (χ4v) is 6.43. The van der Waals surface area contributed by atoms with Gasteiger partial charge < -0.3 is 34.2 Å². The number of phosphoric ester groups is 1. The number of esters is 2. The summed E-state index contributed by atoms with van der Waals surface area (Å²) in [5.74, 6) is -1.14. The number of hydrogen-bond acceptors (Lipinski definition) is 10. The second-order valence-electron chi connectivity index (χ2n) is 16.3. The molecular formula is C46H83NO11P+. The number of unbranched alkanes of at least 4 members (excludes halogenated alkanes) is 13. The van der Waals surface area contributed by atoms with Crippen LogP contribution in [-0.4, -0.2) is 109 Å². The van der Waals surface area contributed by atoms with Crippen LogP contribution in [0.4, 0.5) is 0 Å². The number of carbonyl (C=O) groups is 2. The van der Waals surface area contributed by atoms with Gasteiger partial charge in [0.05, 0.1) is 46.1 Å². The summed E-state index contributed by atoms with van der Waals surface area (Å²) in [7, 11) is 1.25. The van der Waals surface area contributed by atoms with Crippen LogP contribution in [0.5, 0.6) is 0 Å². The third-order valence-corrected chi connectivity index (χ3v) is 10.4. The summed E-state index contributed by atoms with van der Waals surface area (Å²) >= 11 is 0. The zero-order chi connectivity index (χ0) is 44.0. The number of ether oxygens (including phenoxy) is 2. The first-order valence-electron chi connectivity index (χ1n) is 22.3. The molecule has 0 aromatic rings. The Morgan fingerprint density at radius 2 is 1.17 bits per heavy atom. The van der Waals surface area contributed by atoms with Crippen LogP contribution in [0, 0.1) is 0 Å². The average Bonchev–Trinajstić information content (AvgIpc) is 3.17. The lowest BCUT2D eigenvalue weighted by molar-refractivity contribution is -0.870. The van der Waals surface area contributed by atoms with Gasteiger partial charge in [0.2, 0.25) is 0 Å². The van der Waals surface area contributed by atoms with E-state index in [1.54, 1.807) is 42.5 Å². The summed E-state index contributed by atoms with van der Waals surface area (Å²) in [5.41, 5.74) is 0. The van der Waals surface area contributed by atoms with Crippen molar-refractivity contribution in [1.82, 2.24) is 0 Å². The third kappa shape index (κ3) is 39.5. The second kappa shape index (κ2) is 37.4. The largest absolute Gasteiger partial charge is 0.472 e. The molecule has 0 heterocycles. The smallest absolute Gasteiger partial charge is 0.462 e. The van der Waals surface area contributed by atoms with Crippen molar-refractivity contribution in [2.45, 2.75) is 173 Å². The van der Waals surface area contributed by atoms with E-state index in [4.69, 9.17) is 18.5 Å². The first-order chi connectivity index (χ1) is 28.2. The lowest BCUT2D eigenvalue weighted by Crippen LogP contribution is -2.37. The molecule has 0 aliphatic carbocycles. The molecule has 12 nitrogen and oxygen atoms in total. The summed E-state index contributed by atoms with van der Waals surface area (Å²) in [6, 6.07) is 0. The predicted octanol–water partition coefficient (Wildman–Crippen LogP) is 9.38. The second-order valence-corrected chi connectivity index (χ2v) is 17.7. The minimum atomic E-state index is -4.48. The lowest BCUT2D eigenvalue weighted by Gasteiger charge is -2.24.